The minimum atomic E-state index is -1.37. The Balaban J connectivity index is 1.64. The molecule has 5 rings (SSSR count). The number of ether oxygens (including phenoxy) is 4. The summed E-state index contributed by atoms with van der Waals surface area (Å²) < 4.78 is 54.6. The molecular weight excluding hydrogens is 743 g/mol. The van der Waals surface area contributed by atoms with Crippen molar-refractivity contribution in [2.24, 2.45) is 0 Å². The van der Waals surface area contributed by atoms with Crippen LogP contribution < -0.4 is 0 Å². The molecule has 1 saturated heterocycles. The lowest BCUT2D eigenvalue weighted by Gasteiger charge is -2.38. The third-order valence-corrected chi connectivity index (χ3v) is 13.6. The Bertz CT molecular complexity index is 1630. The third-order valence-electron chi connectivity index (χ3n) is 10.2. The van der Waals surface area contributed by atoms with Crippen LogP contribution in [0.4, 0.5) is 13.6 Å². The molecule has 11 heteroatoms. The molecule has 0 bridgehead atoms. The summed E-state index contributed by atoms with van der Waals surface area (Å²) in [5, 5.41) is 0. The topological polar surface area (TPSA) is 60.5 Å². The lowest BCUT2D eigenvalue weighted by Crippen LogP contribution is -2.53. The van der Waals surface area contributed by atoms with E-state index in [1.807, 2.05) is 46.2 Å². The molecule has 302 valence electrons. The molecule has 0 radical (unpaired) electrons. The van der Waals surface area contributed by atoms with E-state index < -0.39 is 40.4 Å². The first-order valence-corrected chi connectivity index (χ1v) is 27.2. The molecular formula is C45H60F2N2O5Si2. The summed E-state index contributed by atoms with van der Waals surface area (Å²) in [6.07, 6.45) is -0.406. The first-order chi connectivity index (χ1) is 26.8. The van der Waals surface area contributed by atoms with Crippen LogP contribution in [0.15, 0.2) is 109 Å². The molecule has 4 aromatic rings. The van der Waals surface area contributed by atoms with E-state index in [1.54, 1.807) is 24.3 Å². The summed E-state index contributed by atoms with van der Waals surface area (Å²) in [4.78, 5) is 19.2. The minimum absolute atomic E-state index is 0.0192. The highest BCUT2D eigenvalue weighted by atomic mass is 28.3. The molecule has 7 nitrogen and oxygen atoms in total. The van der Waals surface area contributed by atoms with Crippen LogP contribution in [0.2, 0.25) is 51.4 Å². The smallest absolute Gasteiger partial charge is 0.321 e. The van der Waals surface area contributed by atoms with Crippen molar-refractivity contribution in [3.05, 3.63) is 143 Å². The molecule has 0 unspecified atom stereocenters. The molecule has 1 heterocycles. The van der Waals surface area contributed by atoms with Gasteiger partial charge in [0.1, 0.15) is 37.4 Å². The van der Waals surface area contributed by atoms with Crippen LogP contribution >= 0.6 is 0 Å². The Kier molecular flexibility index (Phi) is 16.0. The molecule has 4 aromatic carbocycles. The zero-order valence-electron chi connectivity index (χ0n) is 34.0. The van der Waals surface area contributed by atoms with Crippen molar-refractivity contribution in [1.29, 1.82) is 0 Å². The van der Waals surface area contributed by atoms with Crippen LogP contribution in [0.5, 0.6) is 0 Å². The number of hydrogen-bond acceptors (Lipinski definition) is 5. The summed E-state index contributed by atoms with van der Waals surface area (Å²) in [5.41, 5.74) is 3.61. The number of benzene rings is 4. The number of amides is 2. The van der Waals surface area contributed by atoms with Crippen LogP contribution in [0, 0.1) is 11.6 Å². The minimum Gasteiger partial charge on any atom is -0.356 e. The maximum absolute atomic E-state index is 15.5. The SMILES string of the molecule is C[Si](C)(C)CCOCO[C@@H]1[C@@H](OCOCC[Si](C)(C)C)[C@@H](Cc2ccccc2)N(Cc2ccc(F)cc2)C(=O)N(Cc2ccc(F)cc2)[C@@H]1Cc1ccccc1. The van der Waals surface area contributed by atoms with Crippen molar-refractivity contribution in [2.45, 2.75) is 102 Å². The van der Waals surface area contributed by atoms with Crippen LogP contribution in [0.25, 0.3) is 0 Å². The third kappa shape index (κ3) is 13.7. The number of carbonyl (C=O) groups is 1. The average molecular weight is 803 g/mol. The zero-order valence-corrected chi connectivity index (χ0v) is 36.0. The van der Waals surface area contributed by atoms with Gasteiger partial charge in [0.25, 0.3) is 0 Å². The largest absolute Gasteiger partial charge is 0.356 e. The monoisotopic (exact) mass is 802 g/mol. The predicted octanol–water partition coefficient (Wildman–Crippen LogP) is 10.0. The summed E-state index contributed by atoms with van der Waals surface area (Å²) >= 11 is 0. The van der Waals surface area contributed by atoms with E-state index in [4.69, 9.17) is 18.9 Å². The van der Waals surface area contributed by atoms with Crippen molar-refractivity contribution in [2.75, 3.05) is 26.8 Å². The van der Waals surface area contributed by atoms with Crippen molar-refractivity contribution in [1.82, 2.24) is 9.80 Å². The van der Waals surface area contributed by atoms with Gasteiger partial charge >= 0.3 is 6.03 Å². The van der Waals surface area contributed by atoms with Crippen molar-refractivity contribution in [3.63, 3.8) is 0 Å². The molecule has 2 amide bonds. The van der Waals surface area contributed by atoms with E-state index in [9.17, 15) is 8.78 Å². The van der Waals surface area contributed by atoms with Gasteiger partial charge in [0.05, 0.1) is 12.1 Å². The van der Waals surface area contributed by atoms with Crippen LogP contribution in [0.3, 0.4) is 0 Å². The second-order valence-corrected chi connectivity index (χ2v) is 28.5. The van der Waals surface area contributed by atoms with E-state index in [1.165, 1.54) is 24.3 Å². The number of hydrogen-bond donors (Lipinski definition) is 0. The molecule has 0 saturated carbocycles. The Labute approximate surface area is 334 Å². The van der Waals surface area contributed by atoms with Gasteiger partial charge in [-0.3, -0.25) is 0 Å². The Morgan fingerprint density at radius 2 is 0.875 bits per heavy atom. The van der Waals surface area contributed by atoms with E-state index in [-0.39, 0.29) is 44.3 Å². The van der Waals surface area contributed by atoms with E-state index in [0.717, 1.165) is 34.3 Å². The van der Waals surface area contributed by atoms with Crippen molar-refractivity contribution >= 4 is 22.2 Å². The molecule has 0 spiro atoms. The molecule has 1 aliphatic rings. The lowest BCUT2D eigenvalue weighted by atomic mass is 9.90. The number of carbonyl (C=O) groups excluding carboxylic acids is 1. The first-order valence-electron chi connectivity index (χ1n) is 19.8. The summed E-state index contributed by atoms with van der Waals surface area (Å²) in [6.45, 7) is 15.5. The van der Waals surface area contributed by atoms with Gasteiger partial charge in [0.2, 0.25) is 0 Å². The summed E-state index contributed by atoms with van der Waals surface area (Å²) in [6, 6.07) is 33.4. The normalized spacial score (nSPS) is 19.3. The molecule has 0 N–H and O–H groups in total. The van der Waals surface area contributed by atoms with E-state index >= 15 is 4.79 Å². The van der Waals surface area contributed by atoms with Gasteiger partial charge in [0.15, 0.2) is 0 Å². The second-order valence-electron chi connectivity index (χ2n) is 17.2. The predicted molar refractivity (Wildman–Crippen MR) is 225 cm³/mol. The van der Waals surface area contributed by atoms with Gasteiger partial charge in [-0.25, -0.2) is 13.6 Å². The molecule has 1 fully saturated rings. The Morgan fingerprint density at radius 1 is 0.518 bits per heavy atom. The first kappa shape index (κ1) is 43.4. The van der Waals surface area contributed by atoms with Crippen molar-refractivity contribution < 1.29 is 32.5 Å². The standard InChI is InChI=1S/C45H60F2N2O5Si2/c1-55(2,3)27-25-51-33-53-43-41(29-35-13-9-7-10-14-35)48(31-37-17-21-39(46)22-18-37)45(50)49(32-38-19-23-40(47)24-20-38)42(30-36-15-11-8-12-16-36)44(43)54-34-52-26-28-56(4,5)6/h7-24,41-44H,25-34H2,1-6H3/t41-,42-,43+,44+/m1/s1. The van der Waals surface area contributed by atoms with Crippen LogP contribution in [0.1, 0.15) is 22.3 Å². The number of nitrogens with zero attached hydrogens (tertiary/aromatic N) is 2. The maximum atomic E-state index is 15.5. The van der Waals surface area contributed by atoms with Crippen LogP contribution in [-0.2, 0) is 44.9 Å². The van der Waals surface area contributed by atoms with Gasteiger partial charge in [-0.15, -0.1) is 0 Å². The highest BCUT2D eigenvalue weighted by Gasteiger charge is 2.49. The molecule has 1 aliphatic heterocycles. The quantitative estimate of drug-likeness (QED) is 0.0506. The van der Waals surface area contributed by atoms with Gasteiger partial charge in [-0.05, 0) is 71.4 Å². The molecule has 4 atom stereocenters. The Morgan fingerprint density at radius 3 is 1.21 bits per heavy atom. The van der Waals surface area contributed by atoms with Gasteiger partial charge < -0.3 is 28.7 Å². The van der Waals surface area contributed by atoms with Gasteiger partial charge in [0, 0.05) is 42.5 Å². The van der Waals surface area contributed by atoms with Crippen LogP contribution in [-0.4, -0.2) is 83.1 Å². The highest BCUT2D eigenvalue weighted by Crippen LogP contribution is 2.33. The number of halogens is 2. The summed E-state index contributed by atoms with van der Waals surface area (Å²) in [5.74, 6) is -0.700. The zero-order chi connectivity index (χ0) is 40.1. The highest BCUT2D eigenvalue weighted by molar-refractivity contribution is 6.76. The molecule has 0 aliphatic carbocycles. The average Bonchev–Trinajstić information content (AvgIpc) is 3.23. The second kappa shape index (κ2) is 20.6. The van der Waals surface area contributed by atoms with E-state index in [2.05, 4.69) is 63.5 Å². The lowest BCUT2D eigenvalue weighted by molar-refractivity contribution is -0.188. The van der Waals surface area contributed by atoms with Crippen molar-refractivity contribution in [3.8, 4) is 0 Å². The number of rotatable bonds is 20. The fourth-order valence-corrected chi connectivity index (χ4v) is 8.40. The Hall–Kier alpha value is -3.72. The number of urea groups is 1. The van der Waals surface area contributed by atoms with E-state index in [0.29, 0.717) is 26.1 Å². The fourth-order valence-electron chi connectivity index (χ4n) is 6.89. The molecule has 0 aromatic heterocycles. The summed E-state index contributed by atoms with van der Waals surface area (Å²) in [7, 11) is -2.74. The maximum Gasteiger partial charge on any atom is 0.321 e. The molecule has 56 heavy (non-hydrogen) atoms. The van der Waals surface area contributed by atoms with Gasteiger partial charge in [-0.2, -0.15) is 0 Å². The van der Waals surface area contributed by atoms with Gasteiger partial charge in [-0.1, -0.05) is 124 Å². The fraction of sp³-hybridized carbons (Fsp3) is 0.444.